The fourth-order valence-corrected chi connectivity index (χ4v) is 3.36. The molecule has 0 saturated heterocycles. The summed E-state index contributed by atoms with van der Waals surface area (Å²) in [5, 5.41) is 0. The Labute approximate surface area is 160 Å². The lowest BCUT2D eigenvalue weighted by Gasteiger charge is -2.20. The standard InChI is InChI=1S/C24H49N/c1-4-7-10-13-16-19-22-25(23-20-17-14-11-8-5-2)24-21-18-15-12-9-6-3/h19,22H,4-18,20-21,23-24H2,1-3H3/b22-19+. The largest absolute Gasteiger partial charge is 0.378 e. The number of hydrogen-bond acceptors (Lipinski definition) is 1. The average molecular weight is 352 g/mol. The van der Waals surface area contributed by atoms with E-state index >= 15 is 0 Å². The van der Waals surface area contributed by atoms with Crippen LogP contribution in [0.4, 0.5) is 0 Å². The summed E-state index contributed by atoms with van der Waals surface area (Å²) in [5.74, 6) is 0. The van der Waals surface area contributed by atoms with E-state index in [-0.39, 0.29) is 0 Å². The van der Waals surface area contributed by atoms with Crippen LogP contribution in [-0.4, -0.2) is 18.0 Å². The minimum absolute atomic E-state index is 1.27. The summed E-state index contributed by atoms with van der Waals surface area (Å²) in [6.07, 6.45) is 28.5. The van der Waals surface area contributed by atoms with Gasteiger partial charge in [0.15, 0.2) is 0 Å². The molecule has 0 rings (SSSR count). The third kappa shape index (κ3) is 19.7. The molecule has 0 spiro atoms. The van der Waals surface area contributed by atoms with E-state index in [1.807, 2.05) is 0 Å². The van der Waals surface area contributed by atoms with Gasteiger partial charge < -0.3 is 4.90 Å². The molecule has 25 heavy (non-hydrogen) atoms. The summed E-state index contributed by atoms with van der Waals surface area (Å²) in [5.41, 5.74) is 0. The highest BCUT2D eigenvalue weighted by Gasteiger charge is 2.00. The molecule has 0 saturated carbocycles. The lowest BCUT2D eigenvalue weighted by molar-refractivity contribution is 0.348. The zero-order valence-electron chi connectivity index (χ0n) is 18.0. The Morgan fingerprint density at radius 3 is 1.36 bits per heavy atom. The van der Waals surface area contributed by atoms with Crippen LogP contribution in [0.25, 0.3) is 0 Å². The van der Waals surface area contributed by atoms with E-state index in [9.17, 15) is 0 Å². The van der Waals surface area contributed by atoms with E-state index in [4.69, 9.17) is 0 Å². The molecule has 0 heterocycles. The topological polar surface area (TPSA) is 3.24 Å². The molecule has 0 unspecified atom stereocenters. The van der Waals surface area contributed by atoms with Gasteiger partial charge in [0, 0.05) is 13.1 Å². The van der Waals surface area contributed by atoms with Crippen LogP contribution < -0.4 is 0 Å². The molecule has 0 aromatic rings. The van der Waals surface area contributed by atoms with Crippen LogP contribution in [0.15, 0.2) is 12.3 Å². The molecule has 0 aromatic carbocycles. The highest BCUT2D eigenvalue weighted by molar-refractivity contribution is 4.82. The van der Waals surface area contributed by atoms with Crippen LogP contribution in [0, 0.1) is 0 Å². The first-order chi connectivity index (χ1) is 12.3. The van der Waals surface area contributed by atoms with E-state index in [0.717, 1.165) is 0 Å². The Bertz CT molecular complexity index is 243. The predicted octanol–water partition coefficient (Wildman–Crippen LogP) is 8.49. The second-order valence-corrected chi connectivity index (χ2v) is 7.81. The molecule has 0 N–H and O–H groups in total. The van der Waals surface area contributed by atoms with Crippen LogP contribution in [0.2, 0.25) is 0 Å². The molecule has 0 fully saturated rings. The van der Waals surface area contributed by atoms with Crippen molar-refractivity contribution in [3.8, 4) is 0 Å². The van der Waals surface area contributed by atoms with Crippen molar-refractivity contribution in [3.63, 3.8) is 0 Å². The predicted molar refractivity (Wildman–Crippen MR) is 116 cm³/mol. The number of unbranched alkanes of at least 4 members (excludes halogenated alkanes) is 14. The molecule has 0 amide bonds. The molecule has 0 atom stereocenters. The minimum atomic E-state index is 1.27. The fourth-order valence-electron chi connectivity index (χ4n) is 3.36. The third-order valence-corrected chi connectivity index (χ3v) is 5.14. The molecule has 0 radical (unpaired) electrons. The van der Waals surface area contributed by atoms with Crippen molar-refractivity contribution < 1.29 is 0 Å². The highest BCUT2D eigenvalue weighted by Crippen LogP contribution is 2.10. The van der Waals surface area contributed by atoms with Gasteiger partial charge in [-0.15, -0.1) is 0 Å². The Morgan fingerprint density at radius 2 is 0.880 bits per heavy atom. The number of nitrogens with zero attached hydrogens (tertiary/aromatic N) is 1. The van der Waals surface area contributed by atoms with Gasteiger partial charge in [0.1, 0.15) is 0 Å². The molecule has 0 aliphatic carbocycles. The monoisotopic (exact) mass is 351 g/mol. The molecule has 1 heteroatoms. The van der Waals surface area contributed by atoms with E-state index in [1.165, 1.54) is 122 Å². The maximum atomic E-state index is 2.61. The minimum Gasteiger partial charge on any atom is -0.378 e. The van der Waals surface area contributed by atoms with Gasteiger partial charge in [0.25, 0.3) is 0 Å². The quantitative estimate of drug-likeness (QED) is 0.199. The van der Waals surface area contributed by atoms with Crippen molar-refractivity contribution in [2.24, 2.45) is 0 Å². The van der Waals surface area contributed by atoms with Crippen molar-refractivity contribution in [2.75, 3.05) is 13.1 Å². The maximum absolute atomic E-state index is 2.61. The lowest BCUT2D eigenvalue weighted by Crippen LogP contribution is -2.20. The van der Waals surface area contributed by atoms with Crippen molar-refractivity contribution in [1.29, 1.82) is 0 Å². The third-order valence-electron chi connectivity index (χ3n) is 5.14. The smallest absolute Gasteiger partial charge is 0.0172 e. The molecule has 0 bridgehead atoms. The zero-order valence-corrected chi connectivity index (χ0v) is 18.0. The molecular formula is C24H49N. The van der Waals surface area contributed by atoms with Crippen LogP contribution in [-0.2, 0) is 0 Å². The molecule has 1 nitrogen and oxygen atoms in total. The van der Waals surface area contributed by atoms with Gasteiger partial charge in [0.2, 0.25) is 0 Å². The van der Waals surface area contributed by atoms with Crippen LogP contribution in [0.5, 0.6) is 0 Å². The number of rotatable bonds is 20. The van der Waals surface area contributed by atoms with Gasteiger partial charge in [0.05, 0.1) is 0 Å². The van der Waals surface area contributed by atoms with Gasteiger partial charge in [-0.05, 0) is 31.9 Å². The van der Waals surface area contributed by atoms with E-state index in [2.05, 4.69) is 37.9 Å². The van der Waals surface area contributed by atoms with Crippen LogP contribution in [0.3, 0.4) is 0 Å². The van der Waals surface area contributed by atoms with Crippen molar-refractivity contribution in [3.05, 3.63) is 12.3 Å². The van der Waals surface area contributed by atoms with Gasteiger partial charge in [-0.2, -0.15) is 0 Å². The maximum Gasteiger partial charge on any atom is 0.0172 e. The molecule has 0 aromatic heterocycles. The van der Waals surface area contributed by atoms with E-state index < -0.39 is 0 Å². The first kappa shape index (κ1) is 24.5. The van der Waals surface area contributed by atoms with Crippen molar-refractivity contribution in [1.82, 2.24) is 4.90 Å². The SMILES string of the molecule is CCCCCC/C=C/N(CCCCCCCC)CCCCCCCC. The first-order valence-electron chi connectivity index (χ1n) is 11.8. The first-order valence-corrected chi connectivity index (χ1v) is 11.8. The van der Waals surface area contributed by atoms with Crippen LogP contribution in [0.1, 0.15) is 130 Å². The van der Waals surface area contributed by atoms with Crippen LogP contribution >= 0.6 is 0 Å². The zero-order chi connectivity index (χ0) is 18.4. The fraction of sp³-hybridized carbons (Fsp3) is 0.917. The van der Waals surface area contributed by atoms with Gasteiger partial charge in [-0.3, -0.25) is 0 Å². The molecular weight excluding hydrogens is 302 g/mol. The lowest BCUT2D eigenvalue weighted by atomic mass is 10.1. The number of allylic oxidation sites excluding steroid dienone is 1. The molecule has 150 valence electrons. The molecule has 0 aliphatic heterocycles. The summed E-state index contributed by atoms with van der Waals surface area (Å²) < 4.78 is 0. The Hall–Kier alpha value is -0.460. The summed E-state index contributed by atoms with van der Waals surface area (Å²) in [7, 11) is 0. The van der Waals surface area contributed by atoms with Gasteiger partial charge in [-0.1, -0.05) is 110 Å². The summed E-state index contributed by atoms with van der Waals surface area (Å²) in [4.78, 5) is 2.61. The molecule has 0 aliphatic rings. The summed E-state index contributed by atoms with van der Waals surface area (Å²) in [6.45, 7) is 9.43. The Morgan fingerprint density at radius 1 is 0.480 bits per heavy atom. The summed E-state index contributed by atoms with van der Waals surface area (Å²) in [6, 6.07) is 0. The normalized spacial score (nSPS) is 11.5. The average Bonchev–Trinajstić information content (AvgIpc) is 2.63. The van der Waals surface area contributed by atoms with Crippen molar-refractivity contribution >= 4 is 0 Å². The van der Waals surface area contributed by atoms with Gasteiger partial charge >= 0.3 is 0 Å². The second kappa shape index (κ2) is 21.6. The Balaban J connectivity index is 3.89. The van der Waals surface area contributed by atoms with Gasteiger partial charge in [-0.25, -0.2) is 0 Å². The van der Waals surface area contributed by atoms with E-state index in [0.29, 0.717) is 0 Å². The Kier molecular flexibility index (Phi) is 21.2. The van der Waals surface area contributed by atoms with Crippen molar-refractivity contribution in [2.45, 2.75) is 130 Å². The number of hydrogen-bond donors (Lipinski definition) is 0. The highest BCUT2D eigenvalue weighted by atomic mass is 15.1. The van der Waals surface area contributed by atoms with E-state index in [1.54, 1.807) is 0 Å². The summed E-state index contributed by atoms with van der Waals surface area (Å²) >= 11 is 0. The second-order valence-electron chi connectivity index (χ2n) is 7.81.